The standard InChI is InChI=1S/C2H2O6.Mg/c3-1(4)7-8-2(5)6;/h(H,3,4)(H,5,6);/q;+2/p-2. The minimum Gasteiger partial charge on any atom is -0.424 e. The molecule has 0 aliphatic carbocycles. The largest absolute Gasteiger partial charge is 2.00 e. The van der Waals surface area contributed by atoms with Crippen molar-refractivity contribution in [1.29, 1.82) is 0 Å². The maximum atomic E-state index is 9.15. The molecule has 0 amide bonds. The van der Waals surface area contributed by atoms with E-state index in [2.05, 4.69) is 9.78 Å². The third-order valence-electron chi connectivity index (χ3n) is 0.178. The van der Waals surface area contributed by atoms with E-state index in [1.165, 1.54) is 0 Å². The molecule has 0 rings (SSSR count). The van der Waals surface area contributed by atoms with Gasteiger partial charge < -0.3 is 29.6 Å². The zero-order valence-corrected chi connectivity index (χ0v) is 5.57. The van der Waals surface area contributed by atoms with E-state index >= 15 is 0 Å². The van der Waals surface area contributed by atoms with Crippen LogP contribution >= 0.6 is 0 Å². The Morgan fingerprint density at radius 1 is 1.00 bits per heavy atom. The van der Waals surface area contributed by atoms with Crippen molar-refractivity contribution in [1.82, 2.24) is 0 Å². The van der Waals surface area contributed by atoms with E-state index in [0.29, 0.717) is 0 Å². The van der Waals surface area contributed by atoms with Crippen LogP contribution in [0, 0.1) is 0 Å². The Morgan fingerprint density at radius 3 is 1.33 bits per heavy atom. The maximum Gasteiger partial charge on any atom is 2.00 e. The molecule has 0 unspecified atom stereocenters. The van der Waals surface area contributed by atoms with Crippen molar-refractivity contribution in [3.63, 3.8) is 0 Å². The van der Waals surface area contributed by atoms with Gasteiger partial charge in [-0.3, -0.25) is 0 Å². The molecule has 9 heavy (non-hydrogen) atoms. The number of hydrogen-bond acceptors (Lipinski definition) is 6. The van der Waals surface area contributed by atoms with Gasteiger partial charge in [0.05, 0.1) is 0 Å². The molecule has 0 atom stereocenters. The van der Waals surface area contributed by atoms with Gasteiger partial charge in [0, 0.05) is 0 Å². The molecule has 0 saturated carbocycles. The van der Waals surface area contributed by atoms with Gasteiger partial charge in [-0.25, -0.2) is 0 Å². The van der Waals surface area contributed by atoms with Gasteiger partial charge in [-0.15, -0.1) is 0 Å². The van der Waals surface area contributed by atoms with Crippen LogP contribution in [0.15, 0.2) is 0 Å². The third-order valence-corrected chi connectivity index (χ3v) is 0.178. The molecule has 0 N–H and O–H groups in total. The van der Waals surface area contributed by atoms with E-state index in [1.54, 1.807) is 0 Å². The summed E-state index contributed by atoms with van der Waals surface area (Å²) >= 11 is 0. The molecule has 0 saturated heterocycles. The van der Waals surface area contributed by atoms with Crippen LogP contribution in [0.4, 0.5) is 9.59 Å². The minimum absolute atomic E-state index is 0. The summed E-state index contributed by atoms with van der Waals surface area (Å²) in [5.74, 6) is 0. The van der Waals surface area contributed by atoms with Gasteiger partial charge in [0.25, 0.3) is 12.3 Å². The topological polar surface area (TPSA) is 98.7 Å². The van der Waals surface area contributed by atoms with Gasteiger partial charge in [-0.05, 0) is 0 Å². The number of rotatable bonds is 0. The first-order chi connectivity index (χ1) is 3.63. The van der Waals surface area contributed by atoms with Gasteiger partial charge in [0.2, 0.25) is 0 Å². The van der Waals surface area contributed by atoms with Gasteiger partial charge >= 0.3 is 23.1 Å². The van der Waals surface area contributed by atoms with Gasteiger partial charge in [0.1, 0.15) is 0 Å². The third kappa shape index (κ3) is 11.1. The summed E-state index contributed by atoms with van der Waals surface area (Å²) in [6.45, 7) is 0. The number of hydrogen-bond donors (Lipinski definition) is 0. The van der Waals surface area contributed by atoms with Crippen LogP contribution in [-0.4, -0.2) is 35.4 Å². The van der Waals surface area contributed by atoms with Crippen LogP contribution < -0.4 is 10.2 Å². The maximum absolute atomic E-state index is 9.15. The molecular formula is C2MgO6. The second-order valence-corrected chi connectivity index (χ2v) is 0.667. The average molecular weight is 144 g/mol. The zero-order chi connectivity index (χ0) is 6.57. The number of carbonyl (C=O) groups is 2. The summed E-state index contributed by atoms with van der Waals surface area (Å²) in [5.41, 5.74) is 0. The first-order valence-corrected chi connectivity index (χ1v) is 1.39. The predicted molar refractivity (Wildman–Crippen MR) is 18.7 cm³/mol. The molecule has 0 aliphatic rings. The molecule has 0 bridgehead atoms. The number of carbonyl (C=O) groups excluding carboxylic acids is 2. The second kappa shape index (κ2) is 5.44. The van der Waals surface area contributed by atoms with Crippen molar-refractivity contribution >= 4 is 35.4 Å². The number of carboxylic acid groups (broad SMARTS) is 2. The monoisotopic (exact) mass is 144 g/mol. The fraction of sp³-hybridized carbons (Fsp3) is 0. The molecular weight excluding hydrogens is 144 g/mol. The molecule has 0 aromatic carbocycles. The van der Waals surface area contributed by atoms with Gasteiger partial charge in [0.15, 0.2) is 0 Å². The first kappa shape index (κ1) is 11.1. The van der Waals surface area contributed by atoms with Crippen molar-refractivity contribution in [2.24, 2.45) is 0 Å². The quantitative estimate of drug-likeness (QED) is 0.207. The van der Waals surface area contributed by atoms with Crippen LogP contribution in [0.2, 0.25) is 0 Å². The molecule has 7 heteroatoms. The molecule has 0 aliphatic heterocycles. The van der Waals surface area contributed by atoms with Crippen molar-refractivity contribution < 1.29 is 29.6 Å². The fourth-order valence-electron chi connectivity index (χ4n) is 0.0680. The van der Waals surface area contributed by atoms with E-state index in [-0.39, 0.29) is 23.1 Å². The van der Waals surface area contributed by atoms with E-state index in [1.807, 2.05) is 0 Å². The summed E-state index contributed by atoms with van der Waals surface area (Å²) < 4.78 is 0. The zero-order valence-electron chi connectivity index (χ0n) is 4.16. The van der Waals surface area contributed by atoms with Crippen LogP contribution in [0.1, 0.15) is 0 Å². The summed E-state index contributed by atoms with van der Waals surface area (Å²) in [5, 5.41) is 18.3. The summed E-state index contributed by atoms with van der Waals surface area (Å²) in [6, 6.07) is 0. The summed E-state index contributed by atoms with van der Waals surface area (Å²) in [4.78, 5) is 24.2. The van der Waals surface area contributed by atoms with Crippen molar-refractivity contribution in [2.45, 2.75) is 0 Å². The summed E-state index contributed by atoms with van der Waals surface area (Å²) in [6.07, 6.45) is -4.18. The van der Waals surface area contributed by atoms with Gasteiger partial charge in [-0.2, -0.15) is 0 Å². The Labute approximate surface area is 65.4 Å². The minimum atomic E-state index is -2.09. The molecule has 0 aromatic rings. The molecule has 0 radical (unpaired) electrons. The van der Waals surface area contributed by atoms with E-state index in [4.69, 9.17) is 19.8 Å². The van der Waals surface area contributed by atoms with Crippen molar-refractivity contribution in [3.05, 3.63) is 0 Å². The van der Waals surface area contributed by atoms with Crippen LogP contribution in [0.5, 0.6) is 0 Å². The summed E-state index contributed by atoms with van der Waals surface area (Å²) in [7, 11) is 0. The average Bonchev–Trinajstić information content (AvgIpc) is 1.61. The smallest absolute Gasteiger partial charge is 0.424 e. The molecule has 0 aromatic heterocycles. The Balaban J connectivity index is 0. The molecule has 0 heterocycles. The Kier molecular flexibility index (Phi) is 6.74. The Bertz CT molecular complexity index is 95.6. The van der Waals surface area contributed by atoms with Crippen LogP contribution in [0.3, 0.4) is 0 Å². The first-order valence-electron chi connectivity index (χ1n) is 1.39. The van der Waals surface area contributed by atoms with Crippen molar-refractivity contribution in [3.8, 4) is 0 Å². The van der Waals surface area contributed by atoms with Crippen LogP contribution in [-0.2, 0) is 9.78 Å². The van der Waals surface area contributed by atoms with Gasteiger partial charge in [-0.1, -0.05) is 0 Å². The normalized spacial score (nSPS) is 6.67. The molecule has 6 nitrogen and oxygen atoms in total. The van der Waals surface area contributed by atoms with Crippen molar-refractivity contribution in [2.75, 3.05) is 0 Å². The van der Waals surface area contributed by atoms with E-state index < -0.39 is 12.3 Å². The van der Waals surface area contributed by atoms with E-state index in [0.717, 1.165) is 0 Å². The Morgan fingerprint density at radius 2 is 1.22 bits per heavy atom. The fourth-order valence-corrected chi connectivity index (χ4v) is 0.0680. The molecule has 0 spiro atoms. The Hall–Kier alpha value is -0.694. The SMILES string of the molecule is O=C([O-])OOC(=O)[O-].[Mg+2]. The molecule has 46 valence electrons. The van der Waals surface area contributed by atoms with E-state index in [9.17, 15) is 0 Å². The second-order valence-electron chi connectivity index (χ2n) is 0.667. The molecule has 0 fully saturated rings. The predicted octanol–water partition coefficient (Wildman–Crippen LogP) is -2.76. The van der Waals surface area contributed by atoms with Crippen LogP contribution in [0.25, 0.3) is 0 Å².